The highest BCUT2D eigenvalue weighted by molar-refractivity contribution is 6.31. The second kappa shape index (κ2) is 6.04. The van der Waals surface area contributed by atoms with Crippen LogP contribution in [0.25, 0.3) is 0 Å². The second-order valence-electron chi connectivity index (χ2n) is 5.27. The van der Waals surface area contributed by atoms with Gasteiger partial charge in [0, 0.05) is 5.02 Å². The van der Waals surface area contributed by atoms with Crippen molar-refractivity contribution in [3.8, 4) is 5.75 Å². The number of hydrogen-bond donors (Lipinski definition) is 1. The van der Waals surface area contributed by atoms with Gasteiger partial charge in [0.2, 0.25) is 0 Å². The van der Waals surface area contributed by atoms with E-state index in [-0.39, 0.29) is 11.9 Å². The lowest BCUT2D eigenvalue weighted by Crippen LogP contribution is -2.18. The predicted octanol–water partition coefficient (Wildman–Crippen LogP) is 4.33. The minimum atomic E-state index is -0.327. The standard InChI is InChI=1S/C17H17ClFNO/c1-20-17(15-9-4-12(19)10-16(15)18)11-2-5-13(6-3-11)21-14-7-8-14/h2-6,9-10,14,17,20H,7-8H2,1H3. The molecule has 1 fully saturated rings. The molecule has 1 aliphatic rings. The Bertz CT molecular complexity index is 625. The molecule has 0 aliphatic heterocycles. The number of nitrogens with one attached hydrogen (secondary N) is 1. The summed E-state index contributed by atoms with van der Waals surface area (Å²) in [7, 11) is 1.86. The Morgan fingerprint density at radius 2 is 1.90 bits per heavy atom. The van der Waals surface area contributed by atoms with Crippen LogP contribution in [0.1, 0.15) is 30.0 Å². The highest BCUT2D eigenvalue weighted by Crippen LogP contribution is 2.31. The van der Waals surface area contributed by atoms with Gasteiger partial charge in [-0.15, -0.1) is 0 Å². The molecule has 110 valence electrons. The van der Waals surface area contributed by atoms with Crippen molar-refractivity contribution in [2.24, 2.45) is 0 Å². The average Bonchev–Trinajstić information content (AvgIpc) is 3.27. The van der Waals surface area contributed by atoms with Crippen LogP contribution in [0.15, 0.2) is 42.5 Å². The van der Waals surface area contributed by atoms with Crippen LogP contribution in [-0.2, 0) is 0 Å². The Morgan fingerprint density at radius 1 is 1.19 bits per heavy atom. The summed E-state index contributed by atoms with van der Waals surface area (Å²) in [5.74, 6) is 0.563. The third-order valence-electron chi connectivity index (χ3n) is 3.60. The van der Waals surface area contributed by atoms with E-state index in [1.807, 2.05) is 31.3 Å². The van der Waals surface area contributed by atoms with Gasteiger partial charge in [0.15, 0.2) is 0 Å². The molecule has 0 aromatic heterocycles. The molecule has 1 aliphatic carbocycles. The van der Waals surface area contributed by atoms with Gasteiger partial charge in [0.1, 0.15) is 11.6 Å². The number of benzene rings is 2. The van der Waals surface area contributed by atoms with Crippen LogP contribution in [0.4, 0.5) is 4.39 Å². The second-order valence-corrected chi connectivity index (χ2v) is 5.68. The Labute approximate surface area is 128 Å². The normalized spacial score (nSPS) is 15.8. The van der Waals surface area contributed by atoms with Crippen LogP contribution >= 0.6 is 11.6 Å². The Hall–Kier alpha value is -1.58. The van der Waals surface area contributed by atoms with Crippen LogP contribution in [0.3, 0.4) is 0 Å². The molecule has 1 N–H and O–H groups in total. The molecule has 1 saturated carbocycles. The minimum absolute atomic E-state index is 0.0759. The monoisotopic (exact) mass is 305 g/mol. The smallest absolute Gasteiger partial charge is 0.124 e. The van der Waals surface area contributed by atoms with Gasteiger partial charge in [-0.1, -0.05) is 29.8 Å². The molecule has 1 unspecified atom stereocenters. The first-order valence-corrected chi connectivity index (χ1v) is 7.44. The maximum absolute atomic E-state index is 13.2. The topological polar surface area (TPSA) is 21.3 Å². The molecule has 3 rings (SSSR count). The highest BCUT2D eigenvalue weighted by atomic mass is 35.5. The Balaban J connectivity index is 1.84. The number of hydrogen-bond acceptors (Lipinski definition) is 2. The largest absolute Gasteiger partial charge is 0.490 e. The molecule has 0 bridgehead atoms. The SMILES string of the molecule is CNC(c1ccc(OC2CC2)cc1)c1ccc(F)cc1Cl. The van der Waals surface area contributed by atoms with E-state index in [1.165, 1.54) is 12.1 Å². The van der Waals surface area contributed by atoms with Gasteiger partial charge in [-0.05, 0) is 55.3 Å². The van der Waals surface area contributed by atoms with Gasteiger partial charge in [-0.2, -0.15) is 0 Å². The fraction of sp³-hybridized carbons (Fsp3) is 0.294. The van der Waals surface area contributed by atoms with E-state index in [0.717, 1.165) is 29.7 Å². The van der Waals surface area contributed by atoms with Crippen LogP contribution < -0.4 is 10.1 Å². The lowest BCUT2D eigenvalue weighted by molar-refractivity contribution is 0.303. The molecular formula is C17H17ClFNO. The predicted molar refractivity (Wildman–Crippen MR) is 82.4 cm³/mol. The van der Waals surface area contributed by atoms with Crippen molar-refractivity contribution >= 4 is 11.6 Å². The van der Waals surface area contributed by atoms with Gasteiger partial charge in [0.25, 0.3) is 0 Å². The number of halogens is 2. The lowest BCUT2D eigenvalue weighted by Gasteiger charge is -2.19. The van der Waals surface area contributed by atoms with Gasteiger partial charge in [-0.25, -0.2) is 4.39 Å². The van der Waals surface area contributed by atoms with E-state index in [2.05, 4.69) is 5.32 Å². The molecule has 2 aromatic rings. The molecule has 0 heterocycles. The summed E-state index contributed by atoms with van der Waals surface area (Å²) in [5.41, 5.74) is 1.92. The van der Waals surface area contributed by atoms with Crippen LogP contribution in [0.5, 0.6) is 5.75 Å². The molecular weight excluding hydrogens is 289 g/mol. The molecule has 1 atom stereocenters. The molecule has 4 heteroatoms. The van der Waals surface area contributed by atoms with Crippen LogP contribution in [0.2, 0.25) is 5.02 Å². The fourth-order valence-electron chi connectivity index (χ4n) is 2.35. The van der Waals surface area contributed by atoms with Crippen molar-refractivity contribution in [2.45, 2.75) is 25.0 Å². The summed E-state index contributed by atoms with van der Waals surface area (Å²) < 4.78 is 18.9. The van der Waals surface area contributed by atoms with Gasteiger partial charge in [0.05, 0.1) is 12.1 Å². The lowest BCUT2D eigenvalue weighted by atomic mass is 9.98. The first-order chi connectivity index (χ1) is 10.2. The highest BCUT2D eigenvalue weighted by Gasteiger charge is 2.23. The zero-order chi connectivity index (χ0) is 14.8. The molecule has 0 amide bonds. The van der Waals surface area contributed by atoms with E-state index in [1.54, 1.807) is 6.07 Å². The van der Waals surface area contributed by atoms with Crippen molar-refractivity contribution in [2.75, 3.05) is 7.05 Å². The van der Waals surface area contributed by atoms with Crippen LogP contribution in [-0.4, -0.2) is 13.2 Å². The summed E-state index contributed by atoms with van der Waals surface area (Å²) in [5, 5.41) is 3.64. The quantitative estimate of drug-likeness (QED) is 0.888. The van der Waals surface area contributed by atoms with Crippen LogP contribution in [0, 0.1) is 5.82 Å². The summed E-state index contributed by atoms with van der Waals surface area (Å²) in [4.78, 5) is 0. The average molecular weight is 306 g/mol. The van der Waals surface area contributed by atoms with Crippen molar-refractivity contribution in [1.82, 2.24) is 5.32 Å². The summed E-state index contributed by atoms with van der Waals surface area (Å²) in [6, 6.07) is 12.4. The van der Waals surface area contributed by atoms with E-state index >= 15 is 0 Å². The maximum Gasteiger partial charge on any atom is 0.124 e. The van der Waals surface area contributed by atoms with E-state index in [0.29, 0.717) is 11.1 Å². The molecule has 2 nitrogen and oxygen atoms in total. The third-order valence-corrected chi connectivity index (χ3v) is 3.93. The van der Waals surface area contributed by atoms with Gasteiger partial charge < -0.3 is 10.1 Å². The Morgan fingerprint density at radius 3 is 2.48 bits per heavy atom. The zero-order valence-electron chi connectivity index (χ0n) is 11.8. The molecule has 21 heavy (non-hydrogen) atoms. The Kier molecular flexibility index (Phi) is 4.13. The molecule has 0 spiro atoms. The summed E-state index contributed by atoms with van der Waals surface area (Å²) >= 11 is 6.16. The number of rotatable bonds is 5. The summed E-state index contributed by atoms with van der Waals surface area (Å²) in [6.07, 6.45) is 2.68. The van der Waals surface area contributed by atoms with E-state index in [4.69, 9.17) is 16.3 Å². The van der Waals surface area contributed by atoms with Crippen molar-refractivity contribution < 1.29 is 9.13 Å². The fourth-order valence-corrected chi connectivity index (χ4v) is 2.63. The van der Waals surface area contributed by atoms with Crippen molar-refractivity contribution in [3.05, 3.63) is 64.4 Å². The van der Waals surface area contributed by atoms with E-state index < -0.39 is 0 Å². The van der Waals surface area contributed by atoms with Crippen molar-refractivity contribution in [1.29, 1.82) is 0 Å². The molecule has 0 saturated heterocycles. The molecule has 0 radical (unpaired) electrons. The van der Waals surface area contributed by atoms with Crippen molar-refractivity contribution in [3.63, 3.8) is 0 Å². The number of ether oxygens (including phenoxy) is 1. The minimum Gasteiger partial charge on any atom is -0.490 e. The maximum atomic E-state index is 13.2. The van der Waals surface area contributed by atoms with Gasteiger partial charge >= 0.3 is 0 Å². The van der Waals surface area contributed by atoms with Gasteiger partial charge in [-0.3, -0.25) is 0 Å². The first-order valence-electron chi connectivity index (χ1n) is 7.06. The third kappa shape index (κ3) is 3.36. The summed E-state index contributed by atoms with van der Waals surface area (Å²) in [6.45, 7) is 0. The first kappa shape index (κ1) is 14.4. The molecule has 2 aromatic carbocycles. The zero-order valence-corrected chi connectivity index (χ0v) is 12.5. The van der Waals surface area contributed by atoms with E-state index in [9.17, 15) is 4.39 Å².